The van der Waals surface area contributed by atoms with E-state index in [-0.39, 0.29) is 23.3 Å². The fourth-order valence-electron chi connectivity index (χ4n) is 5.47. The molecule has 1 fully saturated rings. The second-order valence-electron chi connectivity index (χ2n) is 10.2. The highest BCUT2D eigenvalue weighted by Gasteiger charge is 2.44. The Balaban J connectivity index is 1.81. The van der Waals surface area contributed by atoms with Gasteiger partial charge in [-0.15, -0.1) is 0 Å². The lowest BCUT2D eigenvalue weighted by Gasteiger charge is -2.40. The Kier molecular flexibility index (Phi) is 6.55. The number of ketones is 1. The van der Waals surface area contributed by atoms with Gasteiger partial charge in [-0.1, -0.05) is 26.3 Å². The van der Waals surface area contributed by atoms with Crippen LogP contribution in [0.4, 0.5) is 0 Å². The van der Waals surface area contributed by atoms with E-state index in [0.717, 1.165) is 49.1 Å². The van der Waals surface area contributed by atoms with Crippen LogP contribution in [-0.2, 0) is 14.3 Å². The highest BCUT2D eigenvalue weighted by molar-refractivity contribution is 6.04. The number of dihydropyridines is 1. The summed E-state index contributed by atoms with van der Waals surface area (Å²) in [6.07, 6.45) is 6.23. The molecule has 1 N–H and O–H groups in total. The molecule has 1 heterocycles. The highest BCUT2D eigenvalue weighted by atomic mass is 16.5. The third kappa shape index (κ3) is 4.66. The number of esters is 1. The van der Waals surface area contributed by atoms with Crippen LogP contribution in [0.5, 0.6) is 11.5 Å². The number of nitrogens with one attached hydrogen (secondary N) is 1. The van der Waals surface area contributed by atoms with E-state index in [9.17, 15) is 9.59 Å². The lowest BCUT2D eigenvalue weighted by molar-refractivity contribution is -0.146. The maximum atomic E-state index is 13.6. The maximum absolute atomic E-state index is 13.6. The number of Topliss-reactive ketones (excluding diaryl/α,β-unsaturated/α-hetero) is 1. The number of ether oxygens (including phenoxy) is 3. The summed E-state index contributed by atoms with van der Waals surface area (Å²) in [5.74, 6) is 0.413. The molecule has 1 atom stereocenters. The van der Waals surface area contributed by atoms with E-state index in [1.54, 1.807) is 20.3 Å². The Bertz CT molecular complexity index is 1010. The third-order valence-electron chi connectivity index (χ3n) is 7.04. The fourth-order valence-corrected chi connectivity index (χ4v) is 5.47. The van der Waals surface area contributed by atoms with Crippen molar-refractivity contribution in [1.82, 2.24) is 5.32 Å². The zero-order chi connectivity index (χ0) is 23.8. The van der Waals surface area contributed by atoms with Crippen LogP contribution in [0, 0.1) is 5.41 Å². The molecule has 0 aromatic heterocycles. The fraction of sp³-hybridized carbons (Fsp3) is 0.556. The second-order valence-corrected chi connectivity index (χ2v) is 10.2. The van der Waals surface area contributed by atoms with Gasteiger partial charge in [-0.3, -0.25) is 4.79 Å². The van der Waals surface area contributed by atoms with Gasteiger partial charge in [-0.25, -0.2) is 4.79 Å². The van der Waals surface area contributed by atoms with Gasteiger partial charge in [0.1, 0.15) is 17.6 Å². The van der Waals surface area contributed by atoms with Crippen molar-refractivity contribution in [2.24, 2.45) is 5.41 Å². The number of carbonyl (C=O) groups is 2. The molecule has 6 heteroatoms. The molecule has 1 saturated carbocycles. The lowest BCUT2D eigenvalue weighted by atomic mass is 9.68. The van der Waals surface area contributed by atoms with Crippen LogP contribution >= 0.6 is 0 Å². The molecule has 1 aromatic rings. The Morgan fingerprint density at radius 1 is 1.06 bits per heavy atom. The van der Waals surface area contributed by atoms with Crippen molar-refractivity contribution in [3.63, 3.8) is 0 Å². The first-order valence-electron chi connectivity index (χ1n) is 11.9. The van der Waals surface area contributed by atoms with Gasteiger partial charge >= 0.3 is 5.97 Å². The summed E-state index contributed by atoms with van der Waals surface area (Å²) in [7, 11) is 3.19. The van der Waals surface area contributed by atoms with Gasteiger partial charge in [0.25, 0.3) is 0 Å². The number of carbonyl (C=O) groups excluding carboxylic acids is 2. The summed E-state index contributed by atoms with van der Waals surface area (Å²) in [6.45, 7) is 6.10. The highest BCUT2D eigenvalue weighted by Crippen LogP contribution is 2.49. The minimum absolute atomic E-state index is 0.0621. The van der Waals surface area contributed by atoms with Gasteiger partial charge < -0.3 is 19.5 Å². The van der Waals surface area contributed by atoms with Crippen molar-refractivity contribution in [3.05, 3.63) is 46.3 Å². The van der Waals surface area contributed by atoms with Crippen molar-refractivity contribution >= 4 is 11.8 Å². The molecular formula is C27H35NO5. The van der Waals surface area contributed by atoms with E-state index in [0.29, 0.717) is 29.1 Å². The van der Waals surface area contributed by atoms with E-state index < -0.39 is 5.92 Å². The average molecular weight is 454 g/mol. The molecule has 3 aliphatic rings. The van der Waals surface area contributed by atoms with Crippen LogP contribution in [0.3, 0.4) is 0 Å². The Hall–Kier alpha value is -2.76. The first kappa shape index (κ1) is 23.4. The van der Waals surface area contributed by atoms with E-state index in [1.165, 1.54) is 6.42 Å². The molecular weight excluding hydrogens is 418 g/mol. The van der Waals surface area contributed by atoms with Gasteiger partial charge in [0.05, 0.1) is 25.7 Å². The molecule has 0 saturated heterocycles. The Labute approximate surface area is 196 Å². The zero-order valence-electron chi connectivity index (χ0n) is 20.4. The summed E-state index contributed by atoms with van der Waals surface area (Å²) in [6, 6.07) is 5.54. The van der Waals surface area contributed by atoms with E-state index in [2.05, 4.69) is 19.2 Å². The molecule has 1 aromatic carbocycles. The summed E-state index contributed by atoms with van der Waals surface area (Å²) < 4.78 is 17.1. The smallest absolute Gasteiger partial charge is 0.337 e. The van der Waals surface area contributed by atoms with Crippen LogP contribution in [0.15, 0.2) is 40.7 Å². The molecule has 0 amide bonds. The number of hydrogen-bond acceptors (Lipinski definition) is 6. The quantitative estimate of drug-likeness (QED) is 0.619. The lowest BCUT2D eigenvalue weighted by Crippen LogP contribution is -2.39. The van der Waals surface area contributed by atoms with Crippen LogP contribution in [0.2, 0.25) is 0 Å². The third-order valence-corrected chi connectivity index (χ3v) is 7.04. The topological polar surface area (TPSA) is 73.9 Å². The molecule has 2 aliphatic carbocycles. The molecule has 0 radical (unpaired) electrons. The minimum atomic E-state index is -0.540. The summed E-state index contributed by atoms with van der Waals surface area (Å²) in [4.78, 5) is 27.0. The summed E-state index contributed by atoms with van der Waals surface area (Å²) >= 11 is 0. The number of hydrogen-bond donors (Lipinski definition) is 1. The normalized spacial score (nSPS) is 23.1. The van der Waals surface area contributed by atoms with E-state index in [1.807, 2.05) is 19.1 Å². The Morgan fingerprint density at radius 2 is 1.79 bits per heavy atom. The number of allylic oxidation sites excluding steroid dienone is 3. The SMILES string of the molecule is COc1ccc([C@@H]2C(C(=O)OC3CCCCC3)=C(C)NC3=C2C(=O)CC(C)(C)C3)c(OC)c1. The first-order chi connectivity index (χ1) is 15.7. The van der Waals surface area contributed by atoms with Crippen LogP contribution in [0.1, 0.15) is 77.2 Å². The van der Waals surface area contributed by atoms with Crippen molar-refractivity contribution in [3.8, 4) is 11.5 Å². The predicted molar refractivity (Wildman–Crippen MR) is 126 cm³/mol. The summed E-state index contributed by atoms with van der Waals surface area (Å²) in [5, 5.41) is 3.40. The molecule has 33 heavy (non-hydrogen) atoms. The molecule has 0 spiro atoms. The van der Waals surface area contributed by atoms with E-state index >= 15 is 0 Å². The molecule has 0 bridgehead atoms. The minimum Gasteiger partial charge on any atom is -0.497 e. The maximum Gasteiger partial charge on any atom is 0.337 e. The number of methoxy groups -OCH3 is 2. The monoisotopic (exact) mass is 453 g/mol. The van der Waals surface area contributed by atoms with Gasteiger partial charge in [-0.2, -0.15) is 0 Å². The molecule has 1 aliphatic heterocycles. The van der Waals surface area contributed by atoms with Crippen LogP contribution in [-0.4, -0.2) is 32.1 Å². The van der Waals surface area contributed by atoms with Gasteiger partial charge in [0, 0.05) is 35.0 Å². The van der Waals surface area contributed by atoms with Gasteiger partial charge in [0.2, 0.25) is 0 Å². The zero-order valence-corrected chi connectivity index (χ0v) is 20.4. The summed E-state index contributed by atoms with van der Waals surface area (Å²) in [5.41, 5.74) is 3.41. The van der Waals surface area contributed by atoms with Crippen molar-refractivity contribution in [1.29, 1.82) is 0 Å². The largest absolute Gasteiger partial charge is 0.497 e. The molecule has 4 rings (SSSR count). The number of rotatable bonds is 5. The Morgan fingerprint density at radius 3 is 2.45 bits per heavy atom. The van der Waals surface area contributed by atoms with Crippen molar-refractivity contribution < 1.29 is 23.8 Å². The van der Waals surface area contributed by atoms with Gasteiger partial charge in [0.15, 0.2) is 5.78 Å². The second kappa shape index (κ2) is 9.24. The molecule has 6 nitrogen and oxygen atoms in total. The van der Waals surface area contributed by atoms with Gasteiger partial charge in [-0.05, 0) is 50.5 Å². The number of benzene rings is 1. The molecule has 178 valence electrons. The van der Waals surface area contributed by atoms with Crippen LogP contribution in [0.25, 0.3) is 0 Å². The molecule has 0 unspecified atom stereocenters. The van der Waals surface area contributed by atoms with Crippen molar-refractivity contribution in [2.45, 2.75) is 77.7 Å². The van der Waals surface area contributed by atoms with Crippen molar-refractivity contribution in [2.75, 3.05) is 14.2 Å². The standard InChI is InChI=1S/C27H35NO5/c1-16-23(26(30)33-17-9-7-6-8-10-17)24(19-12-11-18(31-4)13-22(19)32-5)25-20(28-16)14-27(2,3)15-21(25)29/h11-13,17,24,28H,6-10,14-15H2,1-5H3/t24-/m1/s1. The average Bonchev–Trinajstić information content (AvgIpc) is 2.77. The predicted octanol–water partition coefficient (Wildman–Crippen LogP) is 5.18. The van der Waals surface area contributed by atoms with E-state index in [4.69, 9.17) is 14.2 Å². The van der Waals surface area contributed by atoms with Crippen LogP contribution < -0.4 is 14.8 Å². The first-order valence-corrected chi connectivity index (χ1v) is 11.9.